The van der Waals surface area contributed by atoms with Gasteiger partial charge in [0.15, 0.2) is 5.82 Å². The zero-order chi connectivity index (χ0) is 20.1. The van der Waals surface area contributed by atoms with Crippen LogP contribution in [0.25, 0.3) is 0 Å². The quantitative estimate of drug-likeness (QED) is 0.663. The average molecular weight is 400 g/mol. The van der Waals surface area contributed by atoms with E-state index in [1.807, 2.05) is 0 Å². The van der Waals surface area contributed by atoms with Crippen LogP contribution in [0.2, 0.25) is 0 Å². The molecular formula is C18H24N8O3. The fraction of sp³-hybridized carbons (Fsp3) is 0.556. The molecule has 4 heterocycles. The first kappa shape index (κ1) is 19.2. The Morgan fingerprint density at radius 1 is 1.03 bits per heavy atom. The van der Waals surface area contributed by atoms with Crippen molar-refractivity contribution in [3.63, 3.8) is 0 Å². The van der Waals surface area contributed by atoms with E-state index in [9.17, 15) is 9.59 Å². The summed E-state index contributed by atoms with van der Waals surface area (Å²) in [7, 11) is 0. The molecule has 0 spiro atoms. The van der Waals surface area contributed by atoms with Gasteiger partial charge in [-0.25, -0.2) is 4.68 Å². The maximum atomic E-state index is 12.2. The molecule has 2 aromatic rings. The van der Waals surface area contributed by atoms with E-state index in [1.165, 1.54) is 18.3 Å². The highest BCUT2D eigenvalue weighted by molar-refractivity contribution is 5.75. The molecule has 0 unspecified atom stereocenters. The minimum absolute atomic E-state index is 0.153. The number of hydrogen-bond acceptors (Lipinski definition) is 9. The van der Waals surface area contributed by atoms with Gasteiger partial charge in [0.25, 0.3) is 5.56 Å². The maximum Gasteiger partial charge on any atom is 0.267 e. The van der Waals surface area contributed by atoms with Gasteiger partial charge in [0.05, 0.1) is 19.8 Å². The first-order valence-electron chi connectivity index (χ1n) is 9.80. The Balaban J connectivity index is 1.47. The Morgan fingerprint density at radius 3 is 2.41 bits per heavy atom. The molecule has 2 fully saturated rings. The number of anilines is 2. The fourth-order valence-corrected chi connectivity index (χ4v) is 3.31. The van der Waals surface area contributed by atoms with Gasteiger partial charge in [-0.2, -0.15) is 20.1 Å². The van der Waals surface area contributed by atoms with Crippen molar-refractivity contribution in [1.29, 1.82) is 0 Å². The number of rotatable bonds is 6. The van der Waals surface area contributed by atoms with Crippen LogP contribution in [-0.4, -0.2) is 70.0 Å². The van der Waals surface area contributed by atoms with Gasteiger partial charge in [-0.05, 0) is 18.9 Å². The van der Waals surface area contributed by atoms with E-state index >= 15 is 0 Å². The summed E-state index contributed by atoms with van der Waals surface area (Å²) in [5.74, 6) is 1.41. The van der Waals surface area contributed by atoms with E-state index < -0.39 is 0 Å². The standard InChI is InChI=1S/C18H24N8O3/c27-15(13-26-16(28)4-3-5-20-26)19-12-14-21-17(24-6-1-2-7-24)23-18(22-14)25-8-10-29-11-9-25/h3-5H,1-2,6-13H2,(H,19,27). The highest BCUT2D eigenvalue weighted by atomic mass is 16.5. The number of morpholine rings is 1. The molecule has 4 rings (SSSR count). The third-order valence-corrected chi connectivity index (χ3v) is 4.86. The SMILES string of the molecule is O=C(Cn1ncccc1=O)NCc1nc(N2CCCC2)nc(N2CCOCC2)n1. The van der Waals surface area contributed by atoms with Gasteiger partial charge in [0.1, 0.15) is 6.54 Å². The molecule has 0 saturated carbocycles. The highest BCUT2D eigenvalue weighted by Gasteiger charge is 2.21. The molecule has 0 aromatic carbocycles. The molecule has 2 aliphatic rings. The number of hydrogen-bond donors (Lipinski definition) is 1. The lowest BCUT2D eigenvalue weighted by Gasteiger charge is -2.28. The molecule has 154 valence electrons. The van der Waals surface area contributed by atoms with Gasteiger partial charge >= 0.3 is 0 Å². The van der Waals surface area contributed by atoms with Crippen LogP contribution in [0.15, 0.2) is 23.1 Å². The van der Waals surface area contributed by atoms with Gasteiger partial charge in [-0.1, -0.05) is 0 Å². The molecular weight excluding hydrogens is 376 g/mol. The number of ether oxygens (including phenoxy) is 1. The summed E-state index contributed by atoms with van der Waals surface area (Å²) in [5.41, 5.74) is -0.325. The van der Waals surface area contributed by atoms with Gasteiger partial charge in [-0.3, -0.25) is 9.59 Å². The van der Waals surface area contributed by atoms with Crippen LogP contribution in [0.1, 0.15) is 18.7 Å². The molecule has 0 atom stereocenters. The molecule has 0 radical (unpaired) electrons. The van der Waals surface area contributed by atoms with Gasteiger partial charge < -0.3 is 19.9 Å². The number of nitrogens with zero attached hydrogens (tertiary/aromatic N) is 7. The summed E-state index contributed by atoms with van der Waals surface area (Å²) in [6.45, 7) is 4.55. The van der Waals surface area contributed by atoms with Crippen LogP contribution < -0.4 is 20.7 Å². The molecule has 1 amide bonds. The molecule has 2 saturated heterocycles. The van der Waals surface area contributed by atoms with Crippen LogP contribution in [0.5, 0.6) is 0 Å². The summed E-state index contributed by atoms with van der Waals surface area (Å²) in [6, 6.07) is 2.90. The van der Waals surface area contributed by atoms with Crippen molar-refractivity contribution in [1.82, 2.24) is 30.0 Å². The molecule has 2 aromatic heterocycles. The third kappa shape index (κ3) is 4.86. The van der Waals surface area contributed by atoms with Crippen molar-refractivity contribution in [3.05, 3.63) is 34.5 Å². The van der Waals surface area contributed by atoms with Crippen LogP contribution in [-0.2, 0) is 22.6 Å². The first-order chi connectivity index (χ1) is 14.2. The predicted octanol–water partition coefficient (Wildman–Crippen LogP) is -0.818. The second-order valence-electron chi connectivity index (χ2n) is 6.94. The minimum atomic E-state index is -0.332. The van der Waals surface area contributed by atoms with Crippen LogP contribution in [0.3, 0.4) is 0 Å². The number of nitrogens with one attached hydrogen (secondary N) is 1. The van der Waals surface area contributed by atoms with Crippen molar-refractivity contribution >= 4 is 17.8 Å². The normalized spacial score (nSPS) is 16.8. The first-order valence-corrected chi connectivity index (χ1v) is 9.80. The lowest BCUT2D eigenvalue weighted by atomic mass is 10.4. The fourth-order valence-electron chi connectivity index (χ4n) is 3.31. The lowest BCUT2D eigenvalue weighted by Crippen LogP contribution is -2.38. The van der Waals surface area contributed by atoms with Crippen LogP contribution in [0, 0.1) is 0 Å². The Kier molecular flexibility index (Phi) is 5.94. The smallest absolute Gasteiger partial charge is 0.267 e. The van der Waals surface area contributed by atoms with Crippen molar-refractivity contribution in [2.75, 3.05) is 49.2 Å². The van der Waals surface area contributed by atoms with E-state index in [0.717, 1.165) is 43.7 Å². The van der Waals surface area contributed by atoms with E-state index in [1.54, 1.807) is 0 Å². The van der Waals surface area contributed by atoms with E-state index in [2.05, 4.69) is 35.2 Å². The summed E-state index contributed by atoms with van der Waals surface area (Å²) < 4.78 is 6.52. The van der Waals surface area contributed by atoms with E-state index in [-0.39, 0.29) is 24.6 Å². The molecule has 11 heteroatoms. The molecule has 1 N–H and O–H groups in total. The number of aromatic nitrogens is 5. The summed E-state index contributed by atoms with van der Waals surface area (Å²) in [4.78, 5) is 41.9. The van der Waals surface area contributed by atoms with Crippen LogP contribution in [0.4, 0.5) is 11.9 Å². The van der Waals surface area contributed by atoms with Crippen molar-refractivity contribution in [2.45, 2.75) is 25.9 Å². The topological polar surface area (TPSA) is 118 Å². The zero-order valence-corrected chi connectivity index (χ0v) is 16.2. The van der Waals surface area contributed by atoms with Crippen molar-refractivity contribution in [3.8, 4) is 0 Å². The Hall–Kier alpha value is -3.08. The Bertz CT molecular complexity index is 906. The van der Waals surface area contributed by atoms with Gasteiger partial charge in [-0.15, -0.1) is 0 Å². The third-order valence-electron chi connectivity index (χ3n) is 4.86. The molecule has 0 aliphatic carbocycles. The second kappa shape index (κ2) is 8.95. The lowest BCUT2D eigenvalue weighted by molar-refractivity contribution is -0.122. The predicted molar refractivity (Wildman–Crippen MR) is 105 cm³/mol. The van der Waals surface area contributed by atoms with E-state index in [4.69, 9.17) is 4.74 Å². The Morgan fingerprint density at radius 2 is 1.72 bits per heavy atom. The monoisotopic (exact) mass is 400 g/mol. The largest absolute Gasteiger partial charge is 0.378 e. The second-order valence-corrected chi connectivity index (χ2v) is 6.94. The van der Waals surface area contributed by atoms with Gasteiger partial charge in [0.2, 0.25) is 17.8 Å². The molecule has 2 aliphatic heterocycles. The van der Waals surface area contributed by atoms with Crippen molar-refractivity contribution in [2.24, 2.45) is 0 Å². The Labute approximate surface area is 167 Å². The summed E-state index contributed by atoms with van der Waals surface area (Å²) in [6.07, 6.45) is 3.70. The minimum Gasteiger partial charge on any atom is -0.378 e. The van der Waals surface area contributed by atoms with Gasteiger partial charge in [0, 0.05) is 38.4 Å². The van der Waals surface area contributed by atoms with Crippen LogP contribution >= 0.6 is 0 Å². The summed E-state index contributed by atoms with van der Waals surface area (Å²) in [5, 5.41) is 6.66. The number of carbonyl (C=O) groups excluding carboxylic acids is 1. The molecule has 29 heavy (non-hydrogen) atoms. The van der Waals surface area contributed by atoms with Crippen molar-refractivity contribution < 1.29 is 9.53 Å². The highest BCUT2D eigenvalue weighted by Crippen LogP contribution is 2.19. The summed E-state index contributed by atoms with van der Waals surface area (Å²) >= 11 is 0. The number of carbonyl (C=O) groups is 1. The average Bonchev–Trinajstić information content (AvgIpc) is 3.29. The number of amides is 1. The maximum absolute atomic E-state index is 12.2. The van der Waals surface area contributed by atoms with E-state index in [0.29, 0.717) is 30.9 Å². The molecule has 11 nitrogen and oxygen atoms in total. The zero-order valence-electron chi connectivity index (χ0n) is 16.2. The molecule has 0 bridgehead atoms.